The molecule has 3 N–H and O–H groups in total. The van der Waals surface area contributed by atoms with Crippen LogP contribution in [0.15, 0.2) is 45.8 Å². The molecule has 0 spiro atoms. The summed E-state index contributed by atoms with van der Waals surface area (Å²) in [6.07, 6.45) is -0.643. The lowest BCUT2D eigenvalue weighted by molar-refractivity contribution is -0.118. The lowest BCUT2D eigenvalue weighted by Crippen LogP contribution is -2.32. The quantitative estimate of drug-likeness (QED) is 0.557. The maximum atomic E-state index is 13.9. The molecular weight excluding hydrogens is 439 g/mol. The first-order valence-electron chi connectivity index (χ1n) is 8.40. The van der Waals surface area contributed by atoms with Gasteiger partial charge in [-0.3, -0.25) is 4.79 Å². The lowest BCUT2D eigenvalue weighted by atomic mass is 10.2. The fourth-order valence-electron chi connectivity index (χ4n) is 2.61. The van der Waals surface area contributed by atoms with E-state index >= 15 is 0 Å². The van der Waals surface area contributed by atoms with E-state index < -0.39 is 68.0 Å². The standard InChI is InChI=1S/C18H12F3N5O4S/c19-10-2-4-15(9(5-10)8-22)31(28,29)26-14(7-16(23)27)18-24-17(25-30-18)12-6-11(20)1-3-13(12)21/h1-6,14,26H,7H2,(H2,23,27)/t14-/m0/s1. The maximum Gasteiger partial charge on any atom is 0.245 e. The molecule has 3 rings (SSSR count). The maximum absolute atomic E-state index is 13.9. The minimum absolute atomic E-state index is 0.360. The third-order valence-corrected chi connectivity index (χ3v) is 5.49. The van der Waals surface area contributed by atoms with Gasteiger partial charge in [0.25, 0.3) is 0 Å². The predicted molar refractivity (Wildman–Crippen MR) is 97.6 cm³/mol. The molecule has 0 unspecified atom stereocenters. The summed E-state index contributed by atoms with van der Waals surface area (Å²) < 4.78 is 73.2. The number of hydrogen-bond acceptors (Lipinski definition) is 7. The van der Waals surface area contributed by atoms with Crippen molar-refractivity contribution < 1.29 is 30.9 Å². The normalized spacial score (nSPS) is 12.3. The Balaban J connectivity index is 1.99. The molecule has 9 nitrogen and oxygen atoms in total. The summed E-state index contributed by atoms with van der Waals surface area (Å²) in [5, 5.41) is 12.6. The summed E-state index contributed by atoms with van der Waals surface area (Å²) in [6, 6.07) is 4.97. The fourth-order valence-corrected chi connectivity index (χ4v) is 3.94. The van der Waals surface area contributed by atoms with E-state index in [9.17, 15) is 26.4 Å². The number of halogens is 3. The van der Waals surface area contributed by atoms with Crippen LogP contribution in [0.1, 0.15) is 23.9 Å². The number of hydrogen-bond donors (Lipinski definition) is 2. The second-order valence-electron chi connectivity index (χ2n) is 6.18. The van der Waals surface area contributed by atoms with Crippen LogP contribution in [0.2, 0.25) is 0 Å². The highest BCUT2D eigenvalue weighted by molar-refractivity contribution is 7.89. The number of rotatable bonds is 7. The fraction of sp³-hybridized carbons (Fsp3) is 0.111. The number of aromatic nitrogens is 2. The van der Waals surface area contributed by atoms with Crippen LogP contribution >= 0.6 is 0 Å². The third-order valence-electron chi connectivity index (χ3n) is 3.96. The minimum atomic E-state index is -4.49. The monoisotopic (exact) mass is 451 g/mol. The van der Waals surface area contributed by atoms with Gasteiger partial charge in [-0.1, -0.05) is 5.16 Å². The molecule has 0 radical (unpaired) electrons. The molecule has 0 aliphatic carbocycles. The smallest absolute Gasteiger partial charge is 0.245 e. The zero-order valence-electron chi connectivity index (χ0n) is 15.3. The summed E-state index contributed by atoms with van der Waals surface area (Å²) in [5.41, 5.74) is 4.30. The average Bonchev–Trinajstić information content (AvgIpc) is 3.18. The number of amides is 1. The van der Waals surface area contributed by atoms with Gasteiger partial charge in [0.15, 0.2) is 0 Å². The summed E-state index contributed by atoms with van der Waals surface area (Å²) >= 11 is 0. The second-order valence-corrected chi connectivity index (χ2v) is 7.86. The number of carbonyl (C=O) groups is 1. The van der Waals surface area contributed by atoms with Crippen LogP contribution in [-0.4, -0.2) is 24.5 Å². The Morgan fingerprint density at radius 1 is 1.19 bits per heavy atom. The van der Waals surface area contributed by atoms with Gasteiger partial charge in [-0.2, -0.15) is 15.0 Å². The minimum Gasteiger partial charge on any atom is -0.370 e. The number of benzene rings is 2. The molecule has 3 aromatic rings. The Bertz CT molecular complexity index is 1300. The van der Waals surface area contributed by atoms with Crippen LogP contribution in [0, 0.1) is 28.8 Å². The lowest BCUT2D eigenvalue weighted by Gasteiger charge is -2.14. The van der Waals surface area contributed by atoms with Gasteiger partial charge in [-0.15, -0.1) is 0 Å². The third kappa shape index (κ3) is 4.87. The van der Waals surface area contributed by atoms with Crippen molar-refractivity contribution in [2.45, 2.75) is 17.4 Å². The van der Waals surface area contributed by atoms with Crippen LogP contribution in [0.5, 0.6) is 0 Å². The Labute approximate surface area is 173 Å². The average molecular weight is 451 g/mol. The first kappa shape index (κ1) is 21.9. The van der Waals surface area contributed by atoms with Gasteiger partial charge >= 0.3 is 0 Å². The number of nitriles is 1. The number of nitrogens with one attached hydrogen (secondary N) is 1. The first-order chi connectivity index (χ1) is 14.6. The van der Waals surface area contributed by atoms with Crippen LogP contribution in [-0.2, 0) is 14.8 Å². The molecule has 1 heterocycles. The van der Waals surface area contributed by atoms with Crippen molar-refractivity contribution in [2.24, 2.45) is 5.73 Å². The van der Waals surface area contributed by atoms with Crippen molar-refractivity contribution in [3.05, 3.63) is 65.3 Å². The first-order valence-corrected chi connectivity index (χ1v) is 9.88. The molecule has 1 amide bonds. The largest absolute Gasteiger partial charge is 0.370 e. The molecule has 0 aliphatic rings. The molecule has 0 bridgehead atoms. The highest BCUT2D eigenvalue weighted by Crippen LogP contribution is 2.26. The van der Waals surface area contributed by atoms with Crippen molar-refractivity contribution >= 4 is 15.9 Å². The molecule has 0 fully saturated rings. The number of primary amides is 1. The number of nitrogens with zero attached hydrogens (tertiary/aromatic N) is 3. The van der Waals surface area contributed by atoms with Crippen molar-refractivity contribution in [1.82, 2.24) is 14.9 Å². The summed E-state index contributed by atoms with van der Waals surface area (Å²) in [7, 11) is -4.49. The number of carbonyl (C=O) groups excluding carboxylic acids is 1. The van der Waals surface area contributed by atoms with Crippen molar-refractivity contribution in [1.29, 1.82) is 5.26 Å². The van der Waals surface area contributed by atoms with Gasteiger partial charge in [0, 0.05) is 0 Å². The van der Waals surface area contributed by atoms with Gasteiger partial charge in [0.05, 0.1) is 22.4 Å². The van der Waals surface area contributed by atoms with E-state index in [4.69, 9.17) is 15.5 Å². The van der Waals surface area contributed by atoms with Gasteiger partial charge in [0.2, 0.25) is 27.6 Å². The SMILES string of the molecule is N#Cc1cc(F)ccc1S(=O)(=O)N[C@@H](CC(N)=O)c1nc(-c2cc(F)ccc2F)no1. The molecular formula is C18H12F3N5O4S. The highest BCUT2D eigenvalue weighted by atomic mass is 32.2. The molecule has 1 atom stereocenters. The molecule has 0 saturated heterocycles. The zero-order valence-corrected chi connectivity index (χ0v) is 16.2. The Kier molecular flexibility index (Phi) is 6.04. The van der Waals surface area contributed by atoms with E-state index in [0.717, 1.165) is 36.4 Å². The molecule has 0 aliphatic heterocycles. The van der Waals surface area contributed by atoms with Crippen molar-refractivity contribution in [3.8, 4) is 17.5 Å². The Morgan fingerprint density at radius 2 is 1.87 bits per heavy atom. The molecule has 2 aromatic carbocycles. The van der Waals surface area contributed by atoms with Crippen LogP contribution in [0.3, 0.4) is 0 Å². The van der Waals surface area contributed by atoms with E-state index in [1.54, 1.807) is 6.07 Å². The van der Waals surface area contributed by atoms with Crippen LogP contribution in [0.25, 0.3) is 11.4 Å². The predicted octanol–water partition coefficient (Wildman–Crippen LogP) is 1.92. The zero-order chi connectivity index (χ0) is 22.8. The molecule has 13 heteroatoms. The van der Waals surface area contributed by atoms with Gasteiger partial charge in [0.1, 0.15) is 29.6 Å². The molecule has 0 saturated carbocycles. The van der Waals surface area contributed by atoms with Crippen LogP contribution in [0.4, 0.5) is 13.2 Å². The molecule has 31 heavy (non-hydrogen) atoms. The van der Waals surface area contributed by atoms with Gasteiger partial charge in [-0.05, 0) is 36.4 Å². The second kappa shape index (κ2) is 8.54. The summed E-state index contributed by atoms with van der Waals surface area (Å²) in [6.45, 7) is 0. The Hall–Kier alpha value is -3.76. The van der Waals surface area contributed by atoms with E-state index in [1.165, 1.54) is 0 Å². The van der Waals surface area contributed by atoms with Crippen molar-refractivity contribution in [3.63, 3.8) is 0 Å². The van der Waals surface area contributed by atoms with E-state index in [-0.39, 0.29) is 5.56 Å². The molecule has 160 valence electrons. The topological polar surface area (TPSA) is 152 Å². The summed E-state index contributed by atoms with van der Waals surface area (Å²) in [5.74, 6) is -4.31. The van der Waals surface area contributed by atoms with Gasteiger partial charge < -0.3 is 10.3 Å². The van der Waals surface area contributed by atoms with Gasteiger partial charge in [-0.25, -0.2) is 21.6 Å². The van der Waals surface area contributed by atoms with E-state index in [1.807, 2.05) is 0 Å². The highest BCUT2D eigenvalue weighted by Gasteiger charge is 2.30. The van der Waals surface area contributed by atoms with Crippen LogP contribution < -0.4 is 10.5 Å². The van der Waals surface area contributed by atoms with E-state index in [0.29, 0.717) is 0 Å². The molecule has 1 aromatic heterocycles. The van der Waals surface area contributed by atoms with Crippen molar-refractivity contribution in [2.75, 3.05) is 0 Å². The Morgan fingerprint density at radius 3 is 2.55 bits per heavy atom. The van der Waals surface area contributed by atoms with E-state index in [2.05, 4.69) is 14.9 Å². The number of nitrogens with two attached hydrogens (primary N) is 1. The number of sulfonamides is 1. The summed E-state index contributed by atoms with van der Waals surface area (Å²) in [4.78, 5) is 14.7.